The van der Waals surface area contributed by atoms with Crippen molar-refractivity contribution in [2.24, 2.45) is 0 Å². The van der Waals surface area contributed by atoms with Crippen LogP contribution in [-0.2, 0) is 38.0 Å². The van der Waals surface area contributed by atoms with Gasteiger partial charge < -0.3 is 64.2 Å². The molecule has 0 aromatic rings. The van der Waals surface area contributed by atoms with Crippen molar-refractivity contribution in [1.29, 1.82) is 0 Å². The molecule has 4 unspecified atom stereocenters. The van der Waals surface area contributed by atoms with Crippen LogP contribution in [0.4, 0.5) is 0 Å². The van der Waals surface area contributed by atoms with Crippen LogP contribution in [-0.4, -0.2) is 142 Å². The standard InChI is InChI=1S/C53H86O15/c1-3-5-7-9-11-13-15-17-18-19-20-21-22-24-26-28-30-32-34-36-45(56)66-41(38-63-44(55)35-33-31-29-27-25-23-16-14-12-10-8-6-4-2)39-64-52-51(62)49(60)47(58)43(68-52)40-65-53-50(61)48(59)46(57)42(37-54)67-53/h5,7,11,13,17-18,20-21,23-26,30,32,41-43,46-54,57-62H,3-4,6,8-10,12,14-16,19,22,27-29,31,33-40H2,1-2H3/b7-5+,13-11+,18-17+,21-20+,25-23+,26-24+,32-30+/t41-,42+,43+,46-,47-,48?,49?,50?,51?,52+,53+/m1/s1. The SMILES string of the molecule is CC/C=C/C/C=C/C/C=C/C/C=C/C/C=C/C/C=C/CCC(=O)O[C@H](COC(=O)CCCCC/C=C/CCCCCCCC)CO[C@H]1O[C@@H](CO[C@H]2O[C@@H](CO)[C@@H](O)C(O)C2O)[C@@H](O)C(O)C1O. The fourth-order valence-electron chi connectivity index (χ4n) is 7.24. The maximum Gasteiger partial charge on any atom is 0.306 e. The molecule has 68 heavy (non-hydrogen) atoms. The molecule has 388 valence electrons. The van der Waals surface area contributed by atoms with Crippen molar-refractivity contribution in [3.8, 4) is 0 Å². The van der Waals surface area contributed by atoms with Crippen molar-refractivity contribution >= 4 is 11.9 Å². The van der Waals surface area contributed by atoms with Crippen molar-refractivity contribution in [1.82, 2.24) is 0 Å². The molecule has 15 nitrogen and oxygen atoms in total. The predicted molar refractivity (Wildman–Crippen MR) is 261 cm³/mol. The van der Waals surface area contributed by atoms with Crippen LogP contribution in [0.2, 0.25) is 0 Å². The van der Waals surface area contributed by atoms with Crippen LogP contribution in [0, 0.1) is 0 Å². The number of carbonyl (C=O) groups excluding carboxylic acids is 2. The Bertz CT molecular complexity index is 1510. The molecule has 15 heteroatoms. The van der Waals surface area contributed by atoms with Gasteiger partial charge in [-0.05, 0) is 77.0 Å². The summed E-state index contributed by atoms with van der Waals surface area (Å²) in [6.45, 7) is 2.35. The van der Waals surface area contributed by atoms with E-state index in [1.54, 1.807) is 0 Å². The minimum Gasteiger partial charge on any atom is -0.462 e. The number of aliphatic hydroxyl groups is 7. The molecule has 0 aliphatic carbocycles. The molecular weight excluding hydrogens is 877 g/mol. The minimum absolute atomic E-state index is 0.0326. The molecule has 0 spiro atoms. The molecule has 7 N–H and O–H groups in total. The Morgan fingerprint density at radius 3 is 1.51 bits per heavy atom. The number of aliphatic hydroxyl groups excluding tert-OH is 7. The van der Waals surface area contributed by atoms with Crippen LogP contribution in [0.15, 0.2) is 85.1 Å². The maximum atomic E-state index is 13.0. The molecule has 2 saturated heterocycles. The lowest BCUT2D eigenvalue weighted by atomic mass is 9.98. The molecule has 11 atom stereocenters. The molecule has 2 rings (SSSR count). The monoisotopic (exact) mass is 963 g/mol. The van der Waals surface area contributed by atoms with Gasteiger partial charge in [0.15, 0.2) is 18.7 Å². The number of esters is 2. The Morgan fingerprint density at radius 1 is 0.485 bits per heavy atom. The number of unbranched alkanes of at least 4 members (excludes halogenated alkanes) is 9. The quantitative estimate of drug-likeness (QED) is 0.0193. The lowest BCUT2D eigenvalue weighted by Crippen LogP contribution is -2.61. The van der Waals surface area contributed by atoms with E-state index in [2.05, 4.69) is 80.7 Å². The van der Waals surface area contributed by atoms with Gasteiger partial charge >= 0.3 is 11.9 Å². The van der Waals surface area contributed by atoms with Gasteiger partial charge in [0.25, 0.3) is 0 Å². The molecule has 0 aromatic carbocycles. The van der Waals surface area contributed by atoms with Crippen molar-refractivity contribution in [2.75, 3.05) is 26.4 Å². The summed E-state index contributed by atoms with van der Waals surface area (Å²) in [5.41, 5.74) is 0. The molecule has 2 aliphatic rings. The maximum absolute atomic E-state index is 13.0. The highest BCUT2D eigenvalue weighted by Crippen LogP contribution is 2.26. The van der Waals surface area contributed by atoms with Gasteiger partial charge in [0.1, 0.15) is 55.4 Å². The topological polar surface area (TPSA) is 231 Å². The van der Waals surface area contributed by atoms with E-state index in [0.717, 1.165) is 57.8 Å². The lowest BCUT2D eigenvalue weighted by Gasteiger charge is -2.42. The Kier molecular flexibility index (Phi) is 35.2. The normalized spacial score (nSPS) is 26.5. The zero-order valence-electron chi connectivity index (χ0n) is 40.8. The van der Waals surface area contributed by atoms with E-state index in [9.17, 15) is 45.3 Å². The summed E-state index contributed by atoms with van der Waals surface area (Å²) in [6.07, 6.45) is 30.6. The third-order valence-corrected chi connectivity index (χ3v) is 11.4. The lowest BCUT2D eigenvalue weighted by molar-refractivity contribution is -0.332. The predicted octanol–water partition coefficient (Wildman–Crippen LogP) is 6.82. The highest BCUT2D eigenvalue weighted by Gasteiger charge is 2.47. The fraction of sp³-hybridized carbons (Fsp3) is 0.698. The summed E-state index contributed by atoms with van der Waals surface area (Å²) in [5, 5.41) is 72.0. The Hall–Kier alpha value is -3.32. The van der Waals surface area contributed by atoms with Crippen LogP contribution in [0.5, 0.6) is 0 Å². The molecule has 0 bridgehead atoms. The summed E-state index contributed by atoms with van der Waals surface area (Å²) < 4.78 is 33.4. The molecule has 0 aromatic heterocycles. The van der Waals surface area contributed by atoms with Crippen LogP contribution < -0.4 is 0 Å². The molecule has 0 amide bonds. The molecule has 0 radical (unpaired) electrons. The van der Waals surface area contributed by atoms with Gasteiger partial charge in [0.05, 0.1) is 19.8 Å². The second kappa shape index (κ2) is 39.4. The van der Waals surface area contributed by atoms with Crippen molar-refractivity contribution < 1.29 is 73.8 Å². The van der Waals surface area contributed by atoms with Gasteiger partial charge in [-0.3, -0.25) is 9.59 Å². The van der Waals surface area contributed by atoms with E-state index < -0.39 is 99.3 Å². The Labute approximate surface area is 405 Å². The first kappa shape index (κ1) is 60.8. The summed E-state index contributed by atoms with van der Waals surface area (Å²) >= 11 is 0. The van der Waals surface area contributed by atoms with Gasteiger partial charge in [0, 0.05) is 12.8 Å². The second-order valence-electron chi connectivity index (χ2n) is 17.3. The summed E-state index contributed by atoms with van der Waals surface area (Å²) in [6, 6.07) is 0. The first-order chi connectivity index (χ1) is 33.0. The highest BCUT2D eigenvalue weighted by atomic mass is 16.7. The van der Waals surface area contributed by atoms with Crippen LogP contribution in [0.3, 0.4) is 0 Å². The first-order valence-electron chi connectivity index (χ1n) is 25.2. The van der Waals surface area contributed by atoms with Crippen LogP contribution in [0.1, 0.15) is 142 Å². The summed E-state index contributed by atoms with van der Waals surface area (Å²) in [5.74, 6) is -1.05. The van der Waals surface area contributed by atoms with Crippen molar-refractivity contribution in [3.05, 3.63) is 85.1 Å². The summed E-state index contributed by atoms with van der Waals surface area (Å²) in [4.78, 5) is 25.7. The van der Waals surface area contributed by atoms with E-state index in [0.29, 0.717) is 19.3 Å². The van der Waals surface area contributed by atoms with Gasteiger partial charge in [-0.2, -0.15) is 0 Å². The number of allylic oxidation sites excluding steroid dienone is 14. The molecular formula is C53H86O15. The molecule has 2 fully saturated rings. The van der Waals surface area contributed by atoms with E-state index in [4.69, 9.17) is 28.4 Å². The third-order valence-electron chi connectivity index (χ3n) is 11.4. The van der Waals surface area contributed by atoms with E-state index in [-0.39, 0.29) is 19.4 Å². The Balaban J connectivity index is 1.87. The van der Waals surface area contributed by atoms with Gasteiger partial charge in [0.2, 0.25) is 0 Å². The summed E-state index contributed by atoms with van der Waals surface area (Å²) in [7, 11) is 0. The average molecular weight is 963 g/mol. The average Bonchev–Trinajstić information content (AvgIpc) is 3.33. The zero-order valence-corrected chi connectivity index (χ0v) is 40.8. The van der Waals surface area contributed by atoms with Crippen LogP contribution in [0.25, 0.3) is 0 Å². The fourth-order valence-corrected chi connectivity index (χ4v) is 7.24. The van der Waals surface area contributed by atoms with E-state index in [1.165, 1.54) is 38.5 Å². The zero-order chi connectivity index (χ0) is 49.6. The molecule has 2 heterocycles. The number of hydrogen-bond acceptors (Lipinski definition) is 15. The highest BCUT2D eigenvalue weighted by molar-refractivity contribution is 5.70. The van der Waals surface area contributed by atoms with Gasteiger partial charge in [-0.1, -0.05) is 137 Å². The third kappa shape index (κ3) is 27.2. The van der Waals surface area contributed by atoms with Gasteiger partial charge in [-0.15, -0.1) is 0 Å². The molecule has 0 saturated carbocycles. The minimum atomic E-state index is -1.78. The van der Waals surface area contributed by atoms with Crippen molar-refractivity contribution in [2.45, 2.75) is 210 Å². The van der Waals surface area contributed by atoms with E-state index >= 15 is 0 Å². The Morgan fingerprint density at radius 2 is 0.956 bits per heavy atom. The smallest absolute Gasteiger partial charge is 0.306 e. The number of hydrogen-bond donors (Lipinski definition) is 7. The van der Waals surface area contributed by atoms with Crippen LogP contribution >= 0.6 is 0 Å². The number of carbonyl (C=O) groups is 2. The number of ether oxygens (including phenoxy) is 6. The second-order valence-corrected chi connectivity index (χ2v) is 17.3. The van der Waals surface area contributed by atoms with Gasteiger partial charge in [-0.25, -0.2) is 0 Å². The number of rotatable bonds is 37. The van der Waals surface area contributed by atoms with Crippen molar-refractivity contribution in [3.63, 3.8) is 0 Å². The molecule has 2 aliphatic heterocycles. The van der Waals surface area contributed by atoms with E-state index in [1.807, 2.05) is 18.2 Å². The largest absolute Gasteiger partial charge is 0.462 e. The first-order valence-corrected chi connectivity index (χ1v) is 25.2.